The number of H-pyrrole nitrogens is 1. The standard InChI is InChI=1S/C10H16N2OS/c1-6(2)9-11-5-8(10(14)12-9)13-7(3)4/h5-7H,1-4H3,(H,11,12,14). The Balaban J connectivity index is 2.96. The third-order valence-electron chi connectivity index (χ3n) is 1.70. The van der Waals surface area contributed by atoms with Crippen molar-refractivity contribution in [1.29, 1.82) is 0 Å². The van der Waals surface area contributed by atoms with Crippen molar-refractivity contribution in [3.05, 3.63) is 16.7 Å². The summed E-state index contributed by atoms with van der Waals surface area (Å²) in [6.07, 6.45) is 1.81. The van der Waals surface area contributed by atoms with Gasteiger partial charge in [0.15, 0.2) is 5.75 Å². The van der Waals surface area contributed by atoms with E-state index >= 15 is 0 Å². The van der Waals surface area contributed by atoms with E-state index in [4.69, 9.17) is 17.0 Å². The molecule has 78 valence electrons. The number of nitrogens with one attached hydrogen (secondary N) is 1. The summed E-state index contributed by atoms with van der Waals surface area (Å²) in [4.78, 5) is 7.30. The second kappa shape index (κ2) is 4.55. The molecule has 1 N–H and O–H groups in total. The first kappa shape index (κ1) is 11.2. The van der Waals surface area contributed by atoms with Crippen LogP contribution in [0.2, 0.25) is 0 Å². The van der Waals surface area contributed by atoms with E-state index < -0.39 is 0 Å². The van der Waals surface area contributed by atoms with Gasteiger partial charge in [0, 0.05) is 5.92 Å². The van der Waals surface area contributed by atoms with Gasteiger partial charge in [0.1, 0.15) is 10.5 Å². The first-order valence-electron chi connectivity index (χ1n) is 4.76. The Hall–Kier alpha value is -0.900. The lowest BCUT2D eigenvalue weighted by atomic mass is 10.2. The minimum atomic E-state index is 0.122. The van der Waals surface area contributed by atoms with Gasteiger partial charge in [0.25, 0.3) is 0 Å². The van der Waals surface area contributed by atoms with Crippen LogP contribution in [-0.4, -0.2) is 16.1 Å². The van der Waals surface area contributed by atoms with Crippen LogP contribution in [0.4, 0.5) is 0 Å². The first-order valence-corrected chi connectivity index (χ1v) is 5.17. The molecule has 3 nitrogen and oxygen atoms in total. The zero-order valence-electron chi connectivity index (χ0n) is 9.00. The molecule has 0 spiro atoms. The molecule has 0 radical (unpaired) electrons. The Morgan fingerprint density at radius 1 is 1.36 bits per heavy atom. The molecule has 0 fully saturated rings. The molecule has 0 aliphatic carbocycles. The van der Waals surface area contributed by atoms with E-state index in [1.54, 1.807) is 6.20 Å². The van der Waals surface area contributed by atoms with Crippen LogP contribution in [0.1, 0.15) is 39.4 Å². The summed E-state index contributed by atoms with van der Waals surface area (Å²) in [6, 6.07) is 0. The predicted octanol–water partition coefficient (Wildman–Crippen LogP) is 3.05. The quantitative estimate of drug-likeness (QED) is 0.782. The van der Waals surface area contributed by atoms with Gasteiger partial charge >= 0.3 is 0 Å². The predicted molar refractivity (Wildman–Crippen MR) is 59.3 cm³/mol. The van der Waals surface area contributed by atoms with Crippen LogP contribution in [0.25, 0.3) is 0 Å². The third kappa shape index (κ3) is 2.80. The monoisotopic (exact) mass is 212 g/mol. The summed E-state index contributed by atoms with van der Waals surface area (Å²) in [5.74, 6) is 1.90. The number of rotatable bonds is 3. The van der Waals surface area contributed by atoms with Gasteiger partial charge in [0.2, 0.25) is 0 Å². The average molecular weight is 212 g/mol. The molecular weight excluding hydrogens is 196 g/mol. The van der Waals surface area contributed by atoms with Crippen molar-refractivity contribution in [1.82, 2.24) is 9.97 Å². The van der Waals surface area contributed by atoms with Crippen LogP contribution in [0, 0.1) is 4.64 Å². The topological polar surface area (TPSA) is 37.9 Å². The zero-order valence-corrected chi connectivity index (χ0v) is 9.81. The van der Waals surface area contributed by atoms with Crippen LogP contribution in [-0.2, 0) is 0 Å². The van der Waals surface area contributed by atoms with E-state index in [1.807, 2.05) is 13.8 Å². The van der Waals surface area contributed by atoms with E-state index in [2.05, 4.69) is 23.8 Å². The molecule has 14 heavy (non-hydrogen) atoms. The van der Waals surface area contributed by atoms with Crippen molar-refractivity contribution in [3.63, 3.8) is 0 Å². The number of hydrogen-bond acceptors (Lipinski definition) is 3. The molecule has 0 atom stereocenters. The Bertz CT molecular complexity index is 357. The second-order valence-corrected chi connectivity index (χ2v) is 4.19. The smallest absolute Gasteiger partial charge is 0.172 e. The average Bonchev–Trinajstić information content (AvgIpc) is 2.07. The summed E-state index contributed by atoms with van der Waals surface area (Å²) in [6.45, 7) is 8.06. The first-order chi connectivity index (χ1) is 6.50. The van der Waals surface area contributed by atoms with Crippen molar-refractivity contribution < 1.29 is 4.74 Å². The normalized spacial score (nSPS) is 11.0. The highest BCUT2D eigenvalue weighted by Crippen LogP contribution is 2.15. The second-order valence-electron chi connectivity index (χ2n) is 3.78. The lowest BCUT2D eigenvalue weighted by Crippen LogP contribution is -2.08. The molecule has 0 bridgehead atoms. The van der Waals surface area contributed by atoms with Gasteiger partial charge in [-0.25, -0.2) is 4.98 Å². The molecule has 0 aromatic carbocycles. The van der Waals surface area contributed by atoms with Crippen molar-refractivity contribution in [3.8, 4) is 5.75 Å². The van der Waals surface area contributed by atoms with Gasteiger partial charge in [-0.2, -0.15) is 0 Å². The third-order valence-corrected chi connectivity index (χ3v) is 2.00. The van der Waals surface area contributed by atoms with Gasteiger partial charge in [-0.15, -0.1) is 0 Å². The number of nitrogens with zero attached hydrogens (tertiary/aromatic N) is 1. The van der Waals surface area contributed by atoms with E-state index in [0.717, 1.165) is 5.82 Å². The lowest BCUT2D eigenvalue weighted by Gasteiger charge is -2.10. The Kier molecular flexibility index (Phi) is 3.63. The highest BCUT2D eigenvalue weighted by atomic mass is 32.1. The highest BCUT2D eigenvalue weighted by molar-refractivity contribution is 7.71. The maximum atomic E-state index is 5.48. The fraction of sp³-hybridized carbons (Fsp3) is 0.600. The minimum absolute atomic E-state index is 0.122. The fourth-order valence-electron chi connectivity index (χ4n) is 1.03. The van der Waals surface area contributed by atoms with Crippen LogP contribution in [0.3, 0.4) is 0 Å². The Morgan fingerprint density at radius 3 is 2.43 bits per heavy atom. The molecule has 0 amide bonds. The SMILES string of the molecule is CC(C)Oc1cnc(C(C)C)[nH]c1=S. The van der Waals surface area contributed by atoms with Crippen molar-refractivity contribution in [2.45, 2.75) is 39.7 Å². The molecule has 1 aromatic rings. The molecule has 1 heterocycles. The summed E-state index contributed by atoms with van der Waals surface area (Å²) < 4.78 is 6.10. The maximum Gasteiger partial charge on any atom is 0.172 e. The van der Waals surface area contributed by atoms with E-state index in [-0.39, 0.29) is 6.10 Å². The van der Waals surface area contributed by atoms with Gasteiger partial charge < -0.3 is 9.72 Å². The number of ether oxygens (including phenoxy) is 1. The summed E-state index contributed by atoms with van der Waals surface area (Å²) in [5.41, 5.74) is 0. The summed E-state index contributed by atoms with van der Waals surface area (Å²) in [5, 5.41) is 0. The molecule has 4 heteroatoms. The summed E-state index contributed by atoms with van der Waals surface area (Å²) in [7, 11) is 0. The zero-order chi connectivity index (χ0) is 10.7. The molecule has 1 aromatic heterocycles. The molecule has 0 saturated carbocycles. The molecule has 1 rings (SSSR count). The van der Waals surface area contributed by atoms with Crippen molar-refractivity contribution in [2.75, 3.05) is 0 Å². The van der Waals surface area contributed by atoms with Crippen molar-refractivity contribution in [2.24, 2.45) is 0 Å². The van der Waals surface area contributed by atoms with Crippen LogP contribution in [0.15, 0.2) is 6.20 Å². The molecule has 0 saturated heterocycles. The van der Waals surface area contributed by atoms with Gasteiger partial charge in [-0.05, 0) is 13.8 Å². The Morgan fingerprint density at radius 2 is 2.00 bits per heavy atom. The molecule has 0 aliphatic heterocycles. The Labute approximate surface area is 89.5 Å². The minimum Gasteiger partial charge on any atom is -0.486 e. The molecular formula is C10H16N2OS. The van der Waals surface area contributed by atoms with Gasteiger partial charge in [-0.1, -0.05) is 26.1 Å². The fourth-order valence-corrected chi connectivity index (χ4v) is 1.23. The lowest BCUT2D eigenvalue weighted by molar-refractivity contribution is 0.239. The van der Waals surface area contributed by atoms with Crippen LogP contribution in [0.5, 0.6) is 5.75 Å². The van der Waals surface area contributed by atoms with Crippen LogP contribution < -0.4 is 4.74 Å². The highest BCUT2D eigenvalue weighted by Gasteiger charge is 2.05. The number of aromatic amines is 1. The molecule has 0 aliphatic rings. The van der Waals surface area contributed by atoms with Gasteiger partial charge in [-0.3, -0.25) is 0 Å². The van der Waals surface area contributed by atoms with Gasteiger partial charge in [0.05, 0.1) is 12.3 Å². The molecule has 0 unspecified atom stereocenters. The van der Waals surface area contributed by atoms with E-state index in [1.165, 1.54) is 0 Å². The van der Waals surface area contributed by atoms with E-state index in [0.29, 0.717) is 16.3 Å². The van der Waals surface area contributed by atoms with Crippen molar-refractivity contribution >= 4 is 12.2 Å². The van der Waals surface area contributed by atoms with E-state index in [9.17, 15) is 0 Å². The summed E-state index contributed by atoms with van der Waals surface area (Å²) >= 11 is 5.16. The number of aromatic nitrogens is 2. The number of hydrogen-bond donors (Lipinski definition) is 1. The largest absolute Gasteiger partial charge is 0.486 e. The van der Waals surface area contributed by atoms with Crippen LogP contribution >= 0.6 is 12.2 Å². The maximum absolute atomic E-state index is 5.48.